The summed E-state index contributed by atoms with van der Waals surface area (Å²) in [7, 11) is 1.61. The first-order valence-electron chi connectivity index (χ1n) is 13.6. The molecule has 0 saturated carbocycles. The summed E-state index contributed by atoms with van der Waals surface area (Å²) < 4.78 is 2.46. The first kappa shape index (κ1) is 25.7. The fraction of sp³-hybridized carbons (Fsp3) is 0.147. The maximum absolute atomic E-state index is 4.96. The zero-order chi connectivity index (χ0) is 26.0. The highest BCUT2D eigenvalue weighted by atomic mass is 28.2. The van der Waals surface area contributed by atoms with E-state index in [0.29, 0.717) is 0 Å². The second kappa shape index (κ2) is 12.6. The highest BCUT2D eigenvalue weighted by Gasteiger charge is 2.37. The third-order valence-corrected chi connectivity index (χ3v) is 9.97. The van der Waals surface area contributed by atoms with Gasteiger partial charge in [0.1, 0.15) is 0 Å². The van der Waals surface area contributed by atoms with Crippen molar-refractivity contribution >= 4 is 34.1 Å². The molecule has 0 N–H and O–H groups in total. The lowest BCUT2D eigenvalue weighted by atomic mass is 9.65. The van der Waals surface area contributed by atoms with Crippen molar-refractivity contribution in [2.45, 2.75) is 31.0 Å². The molecule has 0 aliphatic rings. The molecule has 0 aliphatic carbocycles. The van der Waals surface area contributed by atoms with Crippen LogP contribution in [0.2, 0.25) is 6.04 Å². The molecular formula is C34H34BN2Si. The third kappa shape index (κ3) is 5.66. The highest BCUT2D eigenvalue weighted by molar-refractivity contribution is 6.73. The Morgan fingerprint density at radius 1 is 0.789 bits per heavy atom. The van der Waals surface area contributed by atoms with Crippen molar-refractivity contribution in [2.24, 2.45) is 0 Å². The van der Waals surface area contributed by atoms with E-state index in [2.05, 4.69) is 152 Å². The summed E-state index contributed by atoms with van der Waals surface area (Å²) in [5, 5.41) is -0.228. The molecule has 0 aliphatic heterocycles. The Hall–Kier alpha value is -3.89. The van der Waals surface area contributed by atoms with Gasteiger partial charge in [0.05, 0.1) is 20.4 Å². The summed E-state index contributed by atoms with van der Waals surface area (Å²) in [6.45, 7) is 2.29. The Morgan fingerprint density at radius 3 is 1.92 bits per heavy atom. The van der Waals surface area contributed by atoms with E-state index in [1.165, 1.54) is 41.1 Å². The van der Waals surface area contributed by atoms with E-state index in [-0.39, 0.29) is 5.16 Å². The Bertz CT molecular complexity index is 1390. The van der Waals surface area contributed by atoms with Crippen molar-refractivity contribution in [3.63, 3.8) is 0 Å². The Morgan fingerprint density at radius 2 is 1.34 bits per heavy atom. The Labute approximate surface area is 230 Å². The number of nitrogens with zero attached hydrogens (tertiary/aromatic N) is 2. The van der Waals surface area contributed by atoms with E-state index < -0.39 is 9.52 Å². The molecule has 0 bridgehead atoms. The fourth-order valence-corrected chi connectivity index (χ4v) is 8.18. The molecule has 4 aromatic carbocycles. The number of hydrogen-bond acceptors (Lipinski definition) is 1. The number of benzene rings is 4. The lowest BCUT2D eigenvalue weighted by Gasteiger charge is -2.38. The monoisotopic (exact) mass is 509 g/mol. The van der Waals surface area contributed by atoms with Crippen LogP contribution >= 0.6 is 0 Å². The molecule has 5 aromatic rings. The van der Waals surface area contributed by atoms with Gasteiger partial charge in [0.15, 0.2) is 0 Å². The quantitative estimate of drug-likeness (QED) is 0.112. The van der Waals surface area contributed by atoms with Gasteiger partial charge in [-0.3, -0.25) is 4.98 Å². The van der Waals surface area contributed by atoms with E-state index in [1.807, 2.05) is 6.20 Å². The molecular weight excluding hydrogens is 475 g/mol. The van der Waals surface area contributed by atoms with E-state index in [4.69, 9.17) is 4.98 Å². The van der Waals surface area contributed by atoms with Gasteiger partial charge >= 0.3 is 0 Å². The number of aromatic nitrogens is 2. The zero-order valence-electron chi connectivity index (χ0n) is 22.1. The fourth-order valence-electron chi connectivity index (χ4n) is 5.36. The Kier molecular flexibility index (Phi) is 8.52. The van der Waals surface area contributed by atoms with Crippen LogP contribution in [0.4, 0.5) is 0 Å². The van der Waals surface area contributed by atoms with E-state index in [0.717, 1.165) is 11.2 Å². The van der Waals surface area contributed by atoms with E-state index >= 15 is 0 Å². The van der Waals surface area contributed by atoms with Crippen LogP contribution in [0.15, 0.2) is 134 Å². The largest absolute Gasteiger partial charge is 0.332 e. The van der Waals surface area contributed by atoms with Crippen LogP contribution in [0.3, 0.4) is 0 Å². The second-order valence-electron chi connectivity index (χ2n) is 9.73. The summed E-state index contributed by atoms with van der Waals surface area (Å²) in [4.78, 5) is 4.96. The molecule has 1 radical (unpaired) electrons. The van der Waals surface area contributed by atoms with Crippen LogP contribution in [0, 0.1) is 0 Å². The maximum Gasteiger partial charge on any atom is 0.241 e. The molecule has 1 heterocycles. The number of imidazole rings is 1. The predicted octanol–water partition coefficient (Wildman–Crippen LogP) is 6.55. The van der Waals surface area contributed by atoms with Crippen LogP contribution < -0.4 is 5.72 Å². The summed E-state index contributed by atoms with van der Waals surface area (Å²) in [6, 6.07) is 44.6. The maximum atomic E-state index is 4.96. The van der Waals surface area contributed by atoms with Crippen molar-refractivity contribution in [3.8, 4) is 0 Å². The van der Waals surface area contributed by atoms with Crippen molar-refractivity contribution in [1.29, 1.82) is 0 Å². The minimum atomic E-state index is -0.650. The lowest BCUT2D eigenvalue weighted by Crippen LogP contribution is -2.48. The third-order valence-electron chi connectivity index (χ3n) is 7.24. The summed E-state index contributed by atoms with van der Waals surface area (Å²) >= 11 is 0. The van der Waals surface area contributed by atoms with Gasteiger partial charge in [-0.05, 0) is 22.3 Å². The molecule has 0 amide bonds. The smallest absolute Gasteiger partial charge is 0.241 e. The minimum absolute atomic E-state index is 0.228. The van der Waals surface area contributed by atoms with Crippen LogP contribution in [0.5, 0.6) is 0 Å². The molecule has 2 nitrogen and oxygen atoms in total. The molecule has 1 aromatic heterocycles. The van der Waals surface area contributed by atoms with Crippen LogP contribution in [0.25, 0.3) is 11.5 Å². The lowest BCUT2D eigenvalue weighted by molar-refractivity contribution is 0.603. The molecule has 38 heavy (non-hydrogen) atoms. The first-order valence-corrected chi connectivity index (χ1v) is 15.3. The van der Waals surface area contributed by atoms with Crippen molar-refractivity contribution in [1.82, 2.24) is 9.55 Å². The van der Waals surface area contributed by atoms with Gasteiger partial charge in [0, 0.05) is 12.4 Å². The predicted molar refractivity (Wildman–Crippen MR) is 166 cm³/mol. The molecule has 0 fully saturated rings. The average molecular weight is 510 g/mol. The topological polar surface area (TPSA) is 17.8 Å². The van der Waals surface area contributed by atoms with Crippen LogP contribution in [-0.4, -0.2) is 26.4 Å². The van der Waals surface area contributed by atoms with Gasteiger partial charge in [0.25, 0.3) is 0 Å². The van der Waals surface area contributed by atoms with Crippen molar-refractivity contribution < 1.29 is 0 Å². The van der Waals surface area contributed by atoms with Crippen LogP contribution in [-0.2, 0) is 5.16 Å². The normalized spacial score (nSPS) is 12.2. The Balaban J connectivity index is 1.66. The summed E-state index contributed by atoms with van der Waals surface area (Å²) in [5.74, 6) is 0. The molecule has 4 heteroatoms. The SMILES string of the molecule is CCCC[SiH2]C(c1ccccc1)(c1ccccc1)n1ccnc1[B]C(=Cc1ccccc1)c1ccccc1. The molecule has 0 spiro atoms. The van der Waals surface area contributed by atoms with Crippen LogP contribution in [0.1, 0.15) is 42.0 Å². The van der Waals surface area contributed by atoms with Gasteiger partial charge in [-0.1, -0.05) is 159 Å². The molecule has 0 saturated heterocycles. The van der Waals surface area contributed by atoms with E-state index in [1.54, 1.807) is 0 Å². The number of unbranched alkanes of at least 4 members (excludes halogenated alkanes) is 1. The molecule has 0 atom stereocenters. The summed E-state index contributed by atoms with van der Waals surface area (Å²) in [5.41, 5.74) is 7.17. The second-order valence-corrected chi connectivity index (χ2v) is 12.0. The first-order chi connectivity index (χ1) is 18.8. The van der Waals surface area contributed by atoms with Gasteiger partial charge in [0.2, 0.25) is 7.28 Å². The number of hydrogen-bond donors (Lipinski definition) is 0. The molecule has 187 valence electrons. The highest BCUT2D eigenvalue weighted by Crippen LogP contribution is 2.34. The minimum Gasteiger partial charge on any atom is -0.332 e. The molecule has 5 rings (SSSR count). The van der Waals surface area contributed by atoms with Crippen molar-refractivity contribution in [2.75, 3.05) is 0 Å². The van der Waals surface area contributed by atoms with Gasteiger partial charge < -0.3 is 4.57 Å². The van der Waals surface area contributed by atoms with Gasteiger partial charge in [-0.15, -0.1) is 0 Å². The van der Waals surface area contributed by atoms with Gasteiger partial charge in [-0.2, -0.15) is 0 Å². The summed E-state index contributed by atoms with van der Waals surface area (Å²) in [6.07, 6.45) is 8.88. The standard InChI is InChI=1S/C34H34BN2Si/c1-2-3-26-38-34(30-20-12-6-13-21-30,31-22-14-7-15-23-31)37-25-24-36-33(37)35-32(29-18-10-5-11-19-29)27-28-16-8-4-9-17-28/h4-25,27H,2-3,26,38H2,1H3. The van der Waals surface area contributed by atoms with Crippen molar-refractivity contribution in [3.05, 3.63) is 156 Å². The van der Waals surface area contributed by atoms with Gasteiger partial charge in [-0.25, -0.2) is 0 Å². The van der Waals surface area contributed by atoms with E-state index in [9.17, 15) is 0 Å². The zero-order valence-corrected chi connectivity index (χ0v) is 23.5. The number of rotatable bonds is 11. The average Bonchev–Trinajstić information content (AvgIpc) is 3.45. The molecule has 0 unspecified atom stereocenters.